The first-order chi connectivity index (χ1) is 13.1. The van der Waals surface area contributed by atoms with Crippen LogP contribution in [0, 0.1) is 10.1 Å². The molecule has 0 radical (unpaired) electrons. The Bertz CT molecular complexity index is 1140. The largest absolute Gasteiger partial charge is 0.383 e. The number of fused-ring (bicyclic) bond motifs is 2. The Morgan fingerprint density at radius 3 is 2.81 bits per heavy atom. The van der Waals surface area contributed by atoms with Crippen LogP contribution in [-0.2, 0) is 13.5 Å². The van der Waals surface area contributed by atoms with Crippen molar-refractivity contribution in [1.29, 1.82) is 0 Å². The molecule has 2 aromatic carbocycles. The standard InChI is InChI=1S/C20H19N5O2/c1-24-18-8-3-2-7-15(18)23-19(24)9-5-12-21-16-10-11-17(25(26)27)14-6-4-13-22-20(14)16/h2-4,6-8,10-11,13,21H,5,9,12H2,1H3. The first kappa shape index (κ1) is 17.0. The van der Waals surface area contributed by atoms with Gasteiger partial charge in [-0.2, -0.15) is 0 Å². The summed E-state index contributed by atoms with van der Waals surface area (Å²) in [6.07, 6.45) is 3.38. The van der Waals surface area contributed by atoms with Gasteiger partial charge in [0.15, 0.2) is 0 Å². The Labute approximate surface area is 155 Å². The van der Waals surface area contributed by atoms with Gasteiger partial charge >= 0.3 is 0 Å². The van der Waals surface area contributed by atoms with E-state index in [4.69, 9.17) is 0 Å². The molecule has 0 fully saturated rings. The third kappa shape index (κ3) is 3.19. The Morgan fingerprint density at radius 1 is 1.15 bits per heavy atom. The van der Waals surface area contributed by atoms with Crippen LogP contribution in [0.15, 0.2) is 54.7 Å². The number of nitro groups is 1. The molecule has 4 aromatic rings. The number of hydrogen-bond acceptors (Lipinski definition) is 5. The van der Waals surface area contributed by atoms with E-state index in [2.05, 4.69) is 25.9 Å². The zero-order valence-corrected chi connectivity index (χ0v) is 14.9. The molecule has 0 saturated carbocycles. The summed E-state index contributed by atoms with van der Waals surface area (Å²) in [5, 5.41) is 15.1. The van der Waals surface area contributed by atoms with Crippen molar-refractivity contribution in [3.05, 3.63) is 70.7 Å². The topological polar surface area (TPSA) is 85.9 Å². The van der Waals surface area contributed by atoms with E-state index >= 15 is 0 Å². The summed E-state index contributed by atoms with van der Waals surface area (Å²) in [4.78, 5) is 19.8. The summed E-state index contributed by atoms with van der Waals surface area (Å²) < 4.78 is 2.12. The third-order valence-electron chi connectivity index (χ3n) is 4.72. The second kappa shape index (κ2) is 7.03. The molecule has 0 aliphatic rings. The molecule has 0 spiro atoms. The Hall–Kier alpha value is -3.48. The highest BCUT2D eigenvalue weighted by Crippen LogP contribution is 2.29. The number of rotatable bonds is 6. The van der Waals surface area contributed by atoms with Crippen LogP contribution in [0.2, 0.25) is 0 Å². The van der Waals surface area contributed by atoms with Gasteiger partial charge in [-0.1, -0.05) is 12.1 Å². The molecular weight excluding hydrogens is 342 g/mol. The van der Waals surface area contributed by atoms with Crippen molar-refractivity contribution in [3.8, 4) is 0 Å². The maximum atomic E-state index is 11.2. The number of aryl methyl sites for hydroxylation is 2. The van der Waals surface area contributed by atoms with Gasteiger partial charge in [0.2, 0.25) is 0 Å². The van der Waals surface area contributed by atoms with Gasteiger partial charge in [-0.05, 0) is 36.8 Å². The number of imidazole rings is 1. The number of aromatic nitrogens is 3. The van der Waals surface area contributed by atoms with Crippen LogP contribution in [0.5, 0.6) is 0 Å². The number of nitrogens with one attached hydrogen (secondary N) is 1. The lowest BCUT2D eigenvalue weighted by molar-refractivity contribution is -0.383. The highest BCUT2D eigenvalue weighted by Gasteiger charge is 2.14. The van der Waals surface area contributed by atoms with Crippen LogP contribution >= 0.6 is 0 Å². The Balaban J connectivity index is 1.47. The van der Waals surface area contributed by atoms with Crippen LogP contribution in [0.1, 0.15) is 12.2 Å². The smallest absolute Gasteiger partial charge is 0.278 e. The highest BCUT2D eigenvalue weighted by atomic mass is 16.6. The fourth-order valence-corrected chi connectivity index (χ4v) is 3.35. The monoisotopic (exact) mass is 361 g/mol. The fraction of sp³-hybridized carbons (Fsp3) is 0.200. The van der Waals surface area contributed by atoms with E-state index in [-0.39, 0.29) is 10.6 Å². The zero-order chi connectivity index (χ0) is 18.8. The molecule has 7 heteroatoms. The van der Waals surface area contributed by atoms with Gasteiger partial charge in [-0.3, -0.25) is 15.1 Å². The first-order valence-corrected chi connectivity index (χ1v) is 8.81. The zero-order valence-electron chi connectivity index (χ0n) is 14.9. The lowest BCUT2D eigenvalue weighted by Crippen LogP contribution is -2.06. The van der Waals surface area contributed by atoms with Gasteiger partial charge in [0.05, 0.1) is 27.0 Å². The molecule has 4 rings (SSSR count). The van der Waals surface area contributed by atoms with Crippen LogP contribution in [0.4, 0.5) is 11.4 Å². The number of nitrogens with zero attached hydrogens (tertiary/aromatic N) is 4. The summed E-state index contributed by atoms with van der Waals surface area (Å²) in [6.45, 7) is 0.729. The minimum absolute atomic E-state index is 0.0725. The molecule has 2 heterocycles. The molecule has 136 valence electrons. The molecule has 0 unspecified atom stereocenters. The second-order valence-corrected chi connectivity index (χ2v) is 6.40. The fourth-order valence-electron chi connectivity index (χ4n) is 3.35. The average Bonchev–Trinajstić information content (AvgIpc) is 3.01. The average molecular weight is 361 g/mol. The van der Waals surface area contributed by atoms with E-state index in [1.165, 1.54) is 6.07 Å². The van der Waals surface area contributed by atoms with Crippen LogP contribution in [0.3, 0.4) is 0 Å². The molecule has 0 atom stereocenters. The number of hydrogen-bond donors (Lipinski definition) is 1. The van der Waals surface area contributed by atoms with E-state index < -0.39 is 0 Å². The molecule has 0 bridgehead atoms. The van der Waals surface area contributed by atoms with E-state index in [0.717, 1.165) is 41.9 Å². The number of anilines is 1. The van der Waals surface area contributed by atoms with Gasteiger partial charge in [0.1, 0.15) is 11.3 Å². The molecule has 1 N–H and O–H groups in total. The number of pyridine rings is 1. The normalized spacial score (nSPS) is 11.1. The number of para-hydroxylation sites is 2. The van der Waals surface area contributed by atoms with Crippen LogP contribution in [-0.4, -0.2) is 26.0 Å². The molecular formula is C20H19N5O2. The summed E-state index contributed by atoms with van der Waals surface area (Å²) >= 11 is 0. The van der Waals surface area contributed by atoms with Crippen molar-refractivity contribution >= 4 is 33.3 Å². The lowest BCUT2D eigenvalue weighted by atomic mass is 10.1. The molecule has 0 aliphatic heterocycles. The van der Waals surface area contributed by atoms with Gasteiger partial charge in [-0.25, -0.2) is 4.98 Å². The van der Waals surface area contributed by atoms with E-state index in [1.54, 1.807) is 24.4 Å². The molecule has 27 heavy (non-hydrogen) atoms. The van der Waals surface area contributed by atoms with Crippen LogP contribution < -0.4 is 5.32 Å². The third-order valence-corrected chi connectivity index (χ3v) is 4.72. The minimum atomic E-state index is -0.375. The van der Waals surface area contributed by atoms with E-state index in [0.29, 0.717) is 10.9 Å². The molecule has 0 amide bonds. The van der Waals surface area contributed by atoms with Crippen LogP contribution in [0.25, 0.3) is 21.9 Å². The lowest BCUT2D eigenvalue weighted by Gasteiger charge is -2.09. The molecule has 7 nitrogen and oxygen atoms in total. The van der Waals surface area contributed by atoms with Gasteiger partial charge in [0, 0.05) is 32.3 Å². The van der Waals surface area contributed by atoms with Crippen molar-refractivity contribution in [2.75, 3.05) is 11.9 Å². The van der Waals surface area contributed by atoms with Gasteiger partial charge < -0.3 is 9.88 Å². The Morgan fingerprint density at radius 2 is 2.00 bits per heavy atom. The van der Waals surface area contributed by atoms with Gasteiger partial charge in [-0.15, -0.1) is 0 Å². The predicted molar refractivity (Wildman–Crippen MR) is 106 cm³/mol. The summed E-state index contributed by atoms with van der Waals surface area (Å²) in [7, 11) is 2.03. The highest BCUT2D eigenvalue weighted by molar-refractivity contribution is 5.96. The maximum absolute atomic E-state index is 11.2. The molecule has 0 saturated heterocycles. The molecule has 2 aromatic heterocycles. The SMILES string of the molecule is Cn1c(CCCNc2ccc([N+](=O)[O-])c3cccnc23)nc2ccccc21. The summed E-state index contributed by atoms with van der Waals surface area (Å²) in [6, 6.07) is 14.8. The number of non-ortho nitro benzene ring substituents is 1. The van der Waals surface area contributed by atoms with Gasteiger partial charge in [0.25, 0.3) is 5.69 Å². The van der Waals surface area contributed by atoms with E-state index in [9.17, 15) is 10.1 Å². The summed E-state index contributed by atoms with van der Waals surface area (Å²) in [5.41, 5.74) is 3.64. The number of nitro benzene ring substituents is 1. The quantitative estimate of drug-likeness (QED) is 0.318. The van der Waals surface area contributed by atoms with Crippen molar-refractivity contribution in [1.82, 2.24) is 14.5 Å². The molecule has 0 aliphatic carbocycles. The van der Waals surface area contributed by atoms with E-state index in [1.807, 2.05) is 25.2 Å². The number of benzene rings is 2. The van der Waals surface area contributed by atoms with Crippen molar-refractivity contribution in [2.45, 2.75) is 12.8 Å². The minimum Gasteiger partial charge on any atom is -0.383 e. The first-order valence-electron chi connectivity index (χ1n) is 8.81. The summed E-state index contributed by atoms with van der Waals surface area (Å²) in [5.74, 6) is 1.05. The van der Waals surface area contributed by atoms with Crippen molar-refractivity contribution in [2.24, 2.45) is 7.05 Å². The Kier molecular flexibility index (Phi) is 4.42. The van der Waals surface area contributed by atoms with Crippen molar-refractivity contribution < 1.29 is 4.92 Å². The predicted octanol–water partition coefficient (Wildman–Crippen LogP) is 4.07. The van der Waals surface area contributed by atoms with Crippen molar-refractivity contribution in [3.63, 3.8) is 0 Å². The second-order valence-electron chi connectivity index (χ2n) is 6.40. The maximum Gasteiger partial charge on any atom is 0.278 e.